The second kappa shape index (κ2) is 8.32. The van der Waals surface area contributed by atoms with Crippen molar-refractivity contribution in [3.05, 3.63) is 11.6 Å². The summed E-state index contributed by atoms with van der Waals surface area (Å²) >= 11 is 0. The zero-order valence-electron chi connectivity index (χ0n) is 24.4. The molecule has 0 radical (unpaired) electrons. The van der Waals surface area contributed by atoms with Crippen molar-refractivity contribution < 1.29 is 22.5 Å². The molecule has 0 aromatic heterocycles. The highest BCUT2D eigenvalue weighted by Crippen LogP contribution is 2.75. The number of fused-ring (bicyclic) bond motifs is 7. The van der Waals surface area contributed by atoms with Crippen LogP contribution in [0.15, 0.2) is 11.6 Å². The number of carboxylic acid groups (broad SMARTS) is 1. The van der Waals surface area contributed by atoms with Gasteiger partial charge >= 0.3 is 5.97 Å². The molecule has 0 aromatic carbocycles. The summed E-state index contributed by atoms with van der Waals surface area (Å²) in [5, 5.41) is 10.6. The van der Waals surface area contributed by atoms with Crippen LogP contribution < -0.4 is 0 Å². The van der Waals surface area contributed by atoms with Crippen LogP contribution in [0.5, 0.6) is 0 Å². The lowest BCUT2D eigenvalue weighted by Gasteiger charge is -2.71. The molecule has 6 heteroatoms. The molecule has 5 nitrogen and oxygen atoms in total. The van der Waals surface area contributed by atoms with Gasteiger partial charge in [0, 0.05) is 0 Å². The Balaban J connectivity index is 1.56. The highest BCUT2D eigenvalue weighted by Gasteiger charge is 2.69. The second-order valence-corrected chi connectivity index (χ2v) is 16.9. The minimum atomic E-state index is -3.50. The zero-order valence-corrected chi connectivity index (χ0v) is 25.2. The standard InChI is InChI=1S/C31H50O5S/c1-19-11-16-31(26(32)33)18-17-29(6)21(25(31)20(19)2)9-10-23-28(5)14-13-24(36-37(8,34)35)27(3,4)22(28)12-15-30(23,29)7/h9,19-20,22-25H,10-18H2,1-8H3,(H,32,33)/t19-,20+,22+,23-,24+,25+,28+,29-,30-,31+/m1/s1. The predicted molar refractivity (Wildman–Crippen MR) is 146 cm³/mol. The third-order valence-corrected chi connectivity index (χ3v) is 14.2. The molecule has 0 spiro atoms. The van der Waals surface area contributed by atoms with E-state index in [4.69, 9.17) is 4.18 Å². The SMILES string of the molecule is C[C@H]1[C@H](C)CC[C@]2(C(=O)O)CC[C@]3(C)C(=CC[C@@H]4[C@@]5(C)CC[C@H](OS(C)(=O)=O)C(C)(C)[C@@H]5CC[C@]43C)[C@H]12. The van der Waals surface area contributed by atoms with Gasteiger partial charge < -0.3 is 5.11 Å². The molecule has 0 amide bonds. The largest absolute Gasteiger partial charge is 0.481 e. The first-order valence-corrected chi connectivity index (χ1v) is 16.6. The van der Waals surface area contributed by atoms with E-state index in [-0.39, 0.29) is 33.7 Å². The van der Waals surface area contributed by atoms with E-state index < -0.39 is 21.5 Å². The van der Waals surface area contributed by atoms with E-state index in [1.54, 1.807) is 0 Å². The van der Waals surface area contributed by atoms with Crippen LogP contribution >= 0.6 is 0 Å². The fraction of sp³-hybridized carbons (Fsp3) is 0.903. The monoisotopic (exact) mass is 534 g/mol. The van der Waals surface area contributed by atoms with Crippen molar-refractivity contribution in [3.63, 3.8) is 0 Å². The number of allylic oxidation sites excluding steroid dienone is 2. The Morgan fingerprint density at radius 1 is 0.946 bits per heavy atom. The van der Waals surface area contributed by atoms with Gasteiger partial charge in [-0.15, -0.1) is 0 Å². The Morgan fingerprint density at radius 2 is 1.62 bits per heavy atom. The number of hydrogen-bond acceptors (Lipinski definition) is 4. The summed E-state index contributed by atoms with van der Waals surface area (Å²) in [6.45, 7) is 16.6. The van der Waals surface area contributed by atoms with Crippen molar-refractivity contribution in [2.45, 2.75) is 112 Å². The maximum Gasteiger partial charge on any atom is 0.310 e. The van der Waals surface area contributed by atoms with Crippen molar-refractivity contribution in [1.29, 1.82) is 0 Å². The van der Waals surface area contributed by atoms with Crippen molar-refractivity contribution >= 4 is 16.1 Å². The van der Waals surface area contributed by atoms with Gasteiger partial charge in [0.2, 0.25) is 0 Å². The van der Waals surface area contributed by atoms with Crippen molar-refractivity contribution in [3.8, 4) is 0 Å². The maximum absolute atomic E-state index is 12.9. The van der Waals surface area contributed by atoms with Crippen LogP contribution in [0.3, 0.4) is 0 Å². The van der Waals surface area contributed by atoms with Crippen molar-refractivity contribution in [2.24, 2.45) is 56.7 Å². The molecule has 0 saturated heterocycles. The van der Waals surface area contributed by atoms with Gasteiger partial charge in [0.15, 0.2) is 0 Å². The summed E-state index contributed by atoms with van der Waals surface area (Å²) in [5.41, 5.74) is 0.850. The summed E-state index contributed by atoms with van der Waals surface area (Å²) in [7, 11) is -3.50. The molecule has 5 rings (SSSR count). The lowest BCUT2D eigenvalue weighted by Crippen LogP contribution is -2.65. The van der Waals surface area contributed by atoms with E-state index in [0.29, 0.717) is 23.7 Å². The molecule has 1 N–H and O–H groups in total. The Morgan fingerprint density at radius 3 is 2.24 bits per heavy atom. The molecule has 5 aliphatic carbocycles. The Labute approximate surface area is 225 Å². The molecule has 0 heterocycles. The molecule has 4 saturated carbocycles. The second-order valence-electron chi connectivity index (χ2n) is 15.3. The van der Waals surface area contributed by atoms with E-state index in [0.717, 1.165) is 57.8 Å². The smallest absolute Gasteiger partial charge is 0.310 e. The summed E-state index contributed by atoms with van der Waals surface area (Å²) in [5.74, 6) is 1.38. The zero-order chi connectivity index (χ0) is 27.4. The van der Waals surface area contributed by atoms with Gasteiger partial charge in [-0.25, -0.2) is 0 Å². The molecular weight excluding hydrogens is 484 g/mol. The molecule has 210 valence electrons. The van der Waals surface area contributed by atoms with E-state index in [1.807, 2.05) is 0 Å². The number of rotatable bonds is 3. The number of aliphatic carboxylic acids is 1. The molecule has 0 aliphatic heterocycles. The van der Waals surface area contributed by atoms with Gasteiger partial charge in [-0.1, -0.05) is 60.1 Å². The van der Waals surface area contributed by atoms with E-state index in [9.17, 15) is 18.3 Å². The van der Waals surface area contributed by atoms with Crippen LogP contribution in [0.2, 0.25) is 0 Å². The Kier molecular flexibility index (Phi) is 6.22. The topological polar surface area (TPSA) is 80.7 Å². The van der Waals surface area contributed by atoms with Gasteiger partial charge in [-0.2, -0.15) is 8.42 Å². The van der Waals surface area contributed by atoms with Gasteiger partial charge in [-0.3, -0.25) is 8.98 Å². The van der Waals surface area contributed by atoms with Crippen LogP contribution in [0, 0.1) is 56.7 Å². The normalized spacial score (nSPS) is 51.1. The molecule has 5 aliphatic rings. The van der Waals surface area contributed by atoms with Gasteiger partial charge in [0.05, 0.1) is 17.8 Å². The van der Waals surface area contributed by atoms with Crippen LogP contribution in [-0.2, 0) is 19.1 Å². The first kappa shape index (κ1) is 27.7. The van der Waals surface area contributed by atoms with E-state index in [2.05, 4.69) is 54.5 Å². The lowest BCUT2D eigenvalue weighted by atomic mass is 9.33. The lowest BCUT2D eigenvalue weighted by molar-refractivity contribution is -0.203. The highest BCUT2D eigenvalue weighted by molar-refractivity contribution is 7.86. The number of carbonyl (C=O) groups is 1. The van der Waals surface area contributed by atoms with Crippen LogP contribution in [-0.4, -0.2) is 31.9 Å². The first-order chi connectivity index (χ1) is 16.9. The average Bonchev–Trinajstić information content (AvgIpc) is 2.78. The predicted octanol–water partition coefficient (Wildman–Crippen LogP) is 7.07. The third kappa shape index (κ3) is 3.62. The number of carboxylic acids is 1. The highest BCUT2D eigenvalue weighted by atomic mass is 32.2. The van der Waals surface area contributed by atoms with Crippen LogP contribution in [0.25, 0.3) is 0 Å². The average molecular weight is 535 g/mol. The quantitative estimate of drug-likeness (QED) is 0.309. The van der Waals surface area contributed by atoms with Gasteiger partial charge in [-0.05, 0) is 109 Å². The third-order valence-electron chi connectivity index (χ3n) is 13.6. The molecule has 10 atom stereocenters. The minimum absolute atomic E-state index is 0.00306. The minimum Gasteiger partial charge on any atom is -0.481 e. The fourth-order valence-electron chi connectivity index (χ4n) is 11.2. The maximum atomic E-state index is 12.9. The molecular formula is C31H50O5S. The summed E-state index contributed by atoms with van der Waals surface area (Å²) in [6, 6.07) is 0. The molecule has 0 bridgehead atoms. The fourth-order valence-corrected chi connectivity index (χ4v) is 12.0. The van der Waals surface area contributed by atoms with Crippen LogP contribution in [0.4, 0.5) is 0 Å². The molecule has 37 heavy (non-hydrogen) atoms. The Hall–Kier alpha value is -0.880. The molecule has 0 unspecified atom stereocenters. The summed E-state index contributed by atoms with van der Waals surface area (Å²) < 4.78 is 29.8. The number of hydrogen-bond donors (Lipinski definition) is 1. The van der Waals surface area contributed by atoms with E-state index in [1.165, 1.54) is 11.8 Å². The molecule has 4 fully saturated rings. The summed E-state index contributed by atoms with van der Waals surface area (Å²) in [6.07, 6.45) is 11.9. The van der Waals surface area contributed by atoms with Crippen molar-refractivity contribution in [2.75, 3.05) is 6.26 Å². The van der Waals surface area contributed by atoms with Crippen LogP contribution in [0.1, 0.15) is 106 Å². The van der Waals surface area contributed by atoms with Gasteiger partial charge in [0.1, 0.15) is 0 Å². The van der Waals surface area contributed by atoms with E-state index >= 15 is 0 Å². The molecule has 0 aromatic rings. The van der Waals surface area contributed by atoms with Crippen molar-refractivity contribution in [1.82, 2.24) is 0 Å². The summed E-state index contributed by atoms with van der Waals surface area (Å²) in [4.78, 5) is 12.9. The van der Waals surface area contributed by atoms with Gasteiger partial charge in [0.25, 0.3) is 10.1 Å². The first-order valence-electron chi connectivity index (χ1n) is 14.8. The Bertz CT molecular complexity index is 1110.